The van der Waals surface area contributed by atoms with Crippen LogP contribution >= 0.6 is 0 Å². The van der Waals surface area contributed by atoms with Gasteiger partial charge in [-0.25, -0.2) is 9.97 Å². The normalized spacial score (nSPS) is 14.9. The number of nitrogens with one attached hydrogen (secondary N) is 1. The summed E-state index contributed by atoms with van der Waals surface area (Å²) in [6.07, 6.45) is 1.57. The van der Waals surface area contributed by atoms with Crippen LogP contribution in [0, 0.1) is 5.92 Å². The molecule has 1 atom stereocenters. The Labute approximate surface area is 206 Å². The molecule has 1 saturated carbocycles. The number of aromatic nitrogens is 3. The van der Waals surface area contributed by atoms with Crippen molar-refractivity contribution in [1.29, 1.82) is 0 Å². The second-order valence-electron chi connectivity index (χ2n) is 9.11. The van der Waals surface area contributed by atoms with E-state index in [1.807, 2.05) is 30.3 Å². The van der Waals surface area contributed by atoms with Gasteiger partial charge in [-0.05, 0) is 61.2 Å². The van der Waals surface area contributed by atoms with Gasteiger partial charge in [0.25, 0.3) is 0 Å². The van der Waals surface area contributed by atoms with Gasteiger partial charge in [0.2, 0.25) is 5.91 Å². The number of anilines is 1. The third-order valence-corrected chi connectivity index (χ3v) is 6.52. The van der Waals surface area contributed by atoms with Gasteiger partial charge in [0, 0.05) is 47.7 Å². The second kappa shape index (κ2) is 9.64. The molecule has 186 valence electrons. The summed E-state index contributed by atoms with van der Waals surface area (Å²) in [6.45, 7) is 1.01. The SMILES string of the molecule is C[C@@H](CC(=O)Nc1ccc(-c2cc3ccc(Oc4ncccn4)cc3n2C2CCC2)cc1)C(F)(F)F. The van der Waals surface area contributed by atoms with Crippen molar-refractivity contribution in [3.05, 3.63) is 67.0 Å². The summed E-state index contributed by atoms with van der Waals surface area (Å²) in [5, 5.41) is 3.63. The zero-order valence-electron chi connectivity index (χ0n) is 19.6. The zero-order chi connectivity index (χ0) is 25.3. The van der Waals surface area contributed by atoms with Crippen LogP contribution in [0.5, 0.6) is 11.8 Å². The molecule has 9 heteroatoms. The molecule has 0 saturated heterocycles. The first-order valence-electron chi connectivity index (χ1n) is 11.8. The summed E-state index contributed by atoms with van der Waals surface area (Å²) in [6, 6.07) is 17.6. The molecule has 1 N–H and O–H groups in total. The fourth-order valence-corrected chi connectivity index (χ4v) is 4.30. The van der Waals surface area contributed by atoms with Crippen LogP contribution in [0.4, 0.5) is 18.9 Å². The number of benzene rings is 2. The Kier molecular flexibility index (Phi) is 6.38. The van der Waals surface area contributed by atoms with Crippen molar-refractivity contribution in [3.8, 4) is 23.0 Å². The monoisotopic (exact) mass is 494 g/mol. The number of amides is 1. The van der Waals surface area contributed by atoms with E-state index in [1.165, 1.54) is 6.42 Å². The highest BCUT2D eigenvalue weighted by Crippen LogP contribution is 2.41. The number of rotatable bonds is 7. The number of halogens is 3. The average Bonchev–Trinajstić information content (AvgIpc) is 3.17. The topological polar surface area (TPSA) is 69.0 Å². The lowest BCUT2D eigenvalue weighted by molar-refractivity contribution is -0.173. The van der Waals surface area contributed by atoms with Crippen LogP contribution < -0.4 is 10.1 Å². The van der Waals surface area contributed by atoms with Crippen LogP contribution in [0.25, 0.3) is 22.2 Å². The Hall–Kier alpha value is -3.88. The van der Waals surface area contributed by atoms with Gasteiger partial charge in [0.1, 0.15) is 5.75 Å². The first-order valence-corrected chi connectivity index (χ1v) is 11.8. The lowest BCUT2D eigenvalue weighted by atomic mass is 9.92. The lowest BCUT2D eigenvalue weighted by Crippen LogP contribution is -2.25. The second-order valence-corrected chi connectivity index (χ2v) is 9.11. The molecular formula is C27H25F3N4O2. The molecule has 1 amide bonds. The molecule has 2 heterocycles. The number of carbonyl (C=O) groups excluding carboxylic acids is 1. The maximum atomic E-state index is 12.8. The average molecular weight is 495 g/mol. The van der Waals surface area contributed by atoms with Gasteiger partial charge in [-0.1, -0.05) is 19.1 Å². The summed E-state index contributed by atoms with van der Waals surface area (Å²) in [7, 11) is 0. The highest BCUT2D eigenvalue weighted by molar-refractivity contribution is 5.92. The van der Waals surface area contributed by atoms with Gasteiger partial charge in [-0.3, -0.25) is 4.79 Å². The molecule has 0 aliphatic heterocycles. The quantitative estimate of drug-likeness (QED) is 0.296. The van der Waals surface area contributed by atoms with E-state index in [2.05, 4.69) is 25.9 Å². The van der Waals surface area contributed by atoms with Crippen LogP contribution in [0.3, 0.4) is 0 Å². The Morgan fingerprint density at radius 1 is 1.11 bits per heavy atom. The summed E-state index contributed by atoms with van der Waals surface area (Å²) in [4.78, 5) is 20.3. The molecule has 0 bridgehead atoms. The minimum absolute atomic E-state index is 0.279. The van der Waals surface area contributed by atoms with Crippen molar-refractivity contribution in [2.45, 2.75) is 44.8 Å². The van der Waals surface area contributed by atoms with Gasteiger partial charge in [-0.15, -0.1) is 0 Å². The third-order valence-electron chi connectivity index (χ3n) is 6.52. The highest BCUT2D eigenvalue weighted by atomic mass is 19.4. The minimum Gasteiger partial charge on any atom is -0.424 e. The van der Waals surface area contributed by atoms with Crippen molar-refractivity contribution in [2.24, 2.45) is 5.92 Å². The lowest BCUT2D eigenvalue weighted by Gasteiger charge is -2.30. The van der Waals surface area contributed by atoms with E-state index in [1.54, 1.807) is 30.6 Å². The molecule has 0 unspecified atom stereocenters. The van der Waals surface area contributed by atoms with Crippen molar-refractivity contribution in [1.82, 2.24) is 14.5 Å². The van der Waals surface area contributed by atoms with Gasteiger partial charge in [0.05, 0.1) is 11.4 Å². The molecule has 2 aromatic heterocycles. The van der Waals surface area contributed by atoms with Gasteiger partial charge < -0.3 is 14.6 Å². The van der Waals surface area contributed by atoms with Gasteiger partial charge >= 0.3 is 12.2 Å². The van der Waals surface area contributed by atoms with Crippen molar-refractivity contribution >= 4 is 22.5 Å². The van der Waals surface area contributed by atoms with Crippen LogP contribution in [-0.4, -0.2) is 26.6 Å². The fraction of sp³-hybridized carbons (Fsp3) is 0.296. The van der Waals surface area contributed by atoms with Crippen molar-refractivity contribution < 1.29 is 22.7 Å². The summed E-state index contributed by atoms with van der Waals surface area (Å²) >= 11 is 0. The Morgan fingerprint density at radius 3 is 2.47 bits per heavy atom. The van der Waals surface area contributed by atoms with Crippen molar-refractivity contribution in [3.63, 3.8) is 0 Å². The van der Waals surface area contributed by atoms with Gasteiger partial charge in [-0.2, -0.15) is 13.2 Å². The fourth-order valence-electron chi connectivity index (χ4n) is 4.30. The first kappa shape index (κ1) is 23.8. The largest absolute Gasteiger partial charge is 0.424 e. The Morgan fingerprint density at radius 2 is 1.83 bits per heavy atom. The maximum Gasteiger partial charge on any atom is 0.392 e. The molecule has 6 nitrogen and oxygen atoms in total. The molecule has 0 spiro atoms. The zero-order valence-corrected chi connectivity index (χ0v) is 19.6. The van der Waals surface area contributed by atoms with Crippen LogP contribution in [0.15, 0.2) is 67.0 Å². The molecule has 4 aromatic rings. The number of hydrogen-bond acceptors (Lipinski definition) is 4. The highest BCUT2D eigenvalue weighted by Gasteiger charge is 2.37. The predicted molar refractivity (Wildman–Crippen MR) is 131 cm³/mol. The van der Waals surface area contributed by atoms with E-state index >= 15 is 0 Å². The summed E-state index contributed by atoms with van der Waals surface area (Å²) < 4.78 is 46.4. The number of ether oxygens (including phenoxy) is 1. The van der Waals surface area contributed by atoms with Crippen LogP contribution in [0.1, 0.15) is 38.6 Å². The van der Waals surface area contributed by atoms with Crippen LogP contribution in [-0.2, 0) is 4.79 Å². The Bertz CT molecular complexity index is 1360. The number of hydrogen-bond donors (Lipinski definition) is 1. The number of alkyl halides is 3. The van der Waals surface area contributed by atoms with E-state index < -0.39 is 24.4 Å². The molecule has 2 aromatic carbocycles. The first-order chi connectivity index (χ1) is 17.3. The molecule has 5 rings (SSSR count). The minimum atomic E-state index is -4.39. The van der Waals surface area contributed by atoms with Crippen LogP contribution in [0.2, 0.25) is 0 Å². The van der Waals surface area contributed by atoms with E-state index in [0.717, 1.165) is 41.9 Å². The van der Waals surface area contributed by atoms with E-state index in [4.69, 9.17) is 4.74 Å². The van der Waals surface area contributed by atoms with E-state index in [9.17, 15) is 18.0 Å². The summed E-state index contributed by atoms with van der Waals surface area (Å²) in [5.41, 5.74) is 3.49. The standard InChI is InChI=1S/C27H25F3N4O2/c1-17(27(28,29)30)14-25(35)33-20-9-6-18(7-10-20)23-15-19-8-11-22(36-26-31-12-3-13-32-26)16-24(19)34(23)21-4-2-5-21/h3,6-13,15-17,21H,2,4-5,14H2,1H3,(H,33,35)/t17-/m0/s1. The molecule has 36 heavy (non-hydrogen) atoms. The van der Waals surface area contributed by atoms with E-state index in [0.29, 0.717) is 17.5 Å². The number of nitrogens with zero attached hydrogens (tertiary/aromatic N) is 3. The maximum absolute atomic E-state index is 12.8. The molecule has 1 fully saturated rings. The number of fused-ring (bicyclic) bond motifs is 1. The van der Waals surface area contributed by atoms with E-state index in [-0.39, 0.29) is 6.01 Å². The summed E-state index contributed by atoms with van der Waals surface area (Å²) in [5.74, 6) is -1.71. The molecule has 1 aliphatic rings. The smallest absolute Gasteiger partial charge is 0.392 e. The molecule has 1 aliphatic carbocycles. The third kappa shape index (κ3) is 5.05. The molecular weight excluding hydrogens is 469 g/mol. The number of carbonyl (C=O) groups is 1. The Balaban J connectivity index is 1.40. The van der Waals surface area contributed by atoms with Gasteiger partial charge in [0.15, 0.2) is 0 Å². The predicted octanol–water partition coefficient (Wildman–Crippen LogP) is 7.14. The van der Waals surface area contributed by atoms with Crippen molar-refractivity contribution in [2.75, 3.05) is 5.32 Å². The molecule has 0 radical (unpaired) electrons.